The lowest BCUT2D eigenvalue weighted by atomic mass is 9.89. The average molecular weight is 284 g/mol. The second-order valence-corrected chi connectivity index (χ2v) is 7.08. The van der Waals surface area contributed by atoms with E-state index in [1.54, 1.807) is 0 Å². The molecular formula is C13H13FO4S. The molecule has 1 heterocycles. The summed E-state index contributed by atoms with van der Waals surface area (Å²) in [7, 11) is -3.92. The lowest BCUT2D eigenvalue weighted by molar-refractivity contribution is -0.146. The van der Waals surface area contributed by atoms with Crippen LogP contribution in [0.2, 0.25) is 0 Å². The molecule has 0 radical (unpaired) electrons. The minimum atomic E-state index is -3.92. The molecule has 4 nitrogen and oxygen atoms in total. The number of carboxylic acid groups (broad SMARTS) is 1. The fourth-order valence-electron chi connectivity index (χ4n) is 1.96. The molecule has 0 saturated heterocycles. The van der Waals surface area contributed by atoms with Crippen molar-refractivity contribution in [2.75, 3.05) is 0 Å². The van der Waals surface area contributed by atoms with Crippen LogP contribution in [0.3, 0.4) is 0 Å². The van der Waals surface area contributed by atoms with Gasteiger partial charge in [0.05, 0.1) is 10.3 Å². The first kappa shape index (κ1) is 13.7. The van der Waals surface area contributed by atoms with E-state index >= 15 is 0 Å². The number of rotatable bonds is 3. The quantitative estimate of drug-likeness (QED) is 0.925. The normalized spacial score (nSPS) is 16.9. The molecule has 1 aromatic rings. The van der Waals surface area contributed by atoms with Gasteiger partial charge in [-0.05, 0) is 38.0 Å². The molecule has 6 heteroatoms. The van der Waals surface area contributed by atoms with Crippen LogP contribution in [-0.4, -0.2) is 19.5 Å². The van der Waals surface area contributed by atoms with Crippen LogP contribution in [0.4, 0.5) is 4.39 Å². The van der Waals surface area contributed by atoms with Gasteiger partial charge in [-0.25, -0.2) is 12.8 Å². The fourth-order valence-corrected chi connectivity index (χ4v) is 3.82. The molecular weight excluding hydrogens is 271 g/mol. The van der Waals surface area contributed by atoms with E-state index in [9.17, 15) is 17.6 Å². The first-order valence-corrected chi connectivity index (χ1v) is 7.12. The lowest BCUT2D eigenvalue weighted by Gasteiger charge is -2.19. The van der Waals surface area contributed by atoms with Crippen molar-refractivity contribution in [2.45, 2.75) is 25.2 Å². The number of benzene rings is 1. The van der Waals surface area contributed by atoms with Gasteiger partial charge in [0.15, 0.2) is 0 Å². The molecule has 0 bridgehead atoms. The number of halogens is 1. The molecule has 0 atom stereocenters. The molecule has 19 heavy (non-hydrogen) atoms. The highest BCUT2D eigenvalue weighted by atomic mass is 32.2. The first-order chi connectivity index (χ1) is 8.66. The molecule has 1 aliphatic heterocycles. The molecule has 0 aromatic heterocycles. The molecule has 2 rings (SSSR count). The Hall–Kier alpha value is -1.69. The van der Waals surface area contributed by atoms with Crippen LogP contribution in [0, 0.1) is 11.2 Å². The topological polar surface area (TPSA) is 71.4 Å². The Morgan fingerprint density at radius 2 is 2.00 bits per heavy atom. The second kappa shape index (κ2) is 4.16. The van der Waals surface area contributed by atoms with Crippen LogP contribution in [0.25, 0.3) is 6.08 Å². The van der Waals surface area contributed by atoms with E-state index in [1.807, 2.05) is 0 Å². The highest BCUT2D eigenvalue weighted by molar-refractivity contribution is 7.95. The van der Waals surface area contributed by atoms with Crippen LogP contribution >= 0.6 is 0 Å². The average Bonchev–Trinajstić information content (AvgIpc) is 2.51. The van der Waals surface area contributed by atoms with E-state index in [2.05, 4.69) is 0 Å². The van der Waals surface area contributed by atoms with E-state index in [0.29, 0.717) is 0 Å². The summed E-state index contributed by atoms with van der Waals surface area (Å²) in [5.74, 6) is -1.91. The number of carbonyl (C=O) groups is 1. The molecule has 0 unspecified atom stereocenters. The van der Waals surface area contributed by atoms with Gasteiger partial charge in [0, 0.05) is 0 Å². The molecule has 0 saturated carbocycles. The van der Waals surface area contributed by atoms with Gasteiger partial charge >= 0.3 is 5.97 Å². The first-order valence-electron chi connectivity index (χ1n) is 5.64. The maximum atomic E-state index is 13.6. The van der Waals surface area contributed by atoms with Gasteiger partial charge in [-0.15, -0.1) is 0 Å². The highest BCUT2D eigenvalue weighted by Crippen LogP contribution is 2.40. The Kier molecular flexibility index (Phi) is 3.01. The zero-order valence-corrected chi connectivity index (χ0v) is 11.3. The van der Waals surface area contributed by atoms with Crippen molar-refractivity contribution >= 4 is 21.9 Å². The minimum absolute atomic E-state index is 0.0556. The van der Waals surface area contributed by atoms with Crippen molar-refractivity contribution in [2.24, 2.45) is 5.41 Å². The summed E-state index contributed by atoms with van der Waals surface area (Å²) in [4.78, 5) is 10.7. The molecule has 0 aliphatic carbocycles. The van der Waals surface area contributed by atoms with Gasteiger partial charge in [-0.3, -0.25) is 4.79 Å². The number of hydrogen-bond donors (Lipinski definition) is 1. The van der Waals surface area contributed by atoms with E-state index in [4.69, 9.17) is 5.11 Å². The van der Waals surface area contributed by atoms with Gasteiger partial charge in [0.25, 0.3) is 0 Å². The number of fused-ring (bicyclic) bond motifs is 1. The summed E-state index contributed by atoms with van der Waals surface area (Å²) in [5, 5.41) is 9.05. The summed E-state index contributed by atoms with van der Waals surface area (Å²) in [6, 6.07) is 4.00. The van der Waals surface area contributed by atoms with Crippen molar-refractivity contribution in [3.8, 4) is 0 Å². The van der Waals surface area contributed by atoms with Crippen molar-refractivity contribution in [1.82, 2.24) is 0 Å². The molecule has 0 spiro atoms. The number of sulfone groups is 1. The monoisotopic (exact) mass is 284 g/mol. The number of allylic oxidation sites excluding steroid dienone is 1. The van der Waals surface area contributed by atoms with Crippen molar-refractivity contribution in [3.63, 3.8) is 0 Å². The minimum Gasteiger partial charge on any atom is -0.481 e. The van der Waals surface area contributed by atoms with Gasteiger partial charge in [0.2, 0.25) is 9.84 Å². The molecule has 102 valence electrons. The summed E-state index contributed by atoms with van der Waals surface area (Å²) >= 11 is 0. The molecule has 1 aliphatic rings. The fraction of sp³-hybridized carbons (Fsp3) is 0.308. The summed E-state index contributed by atoms with van der Waals surface area (Å²) < 4.78 is 38.0. The predicted octanol–water partition coefficient (Wildman–Crippen LogP) is 2.45. The Labute approximate surface area is 110 Å². The van der Waals surface area contributed by atoms with Crippen molar-refractivity contribution < 1.29 is 22.7 Å². The summed E-state index contributed by atoms with van der Waals surface area (Å²) in [6.07, 6.45) is 1.18. The van der Waals surface area contributed by atoms with E-state index in [1.165, 1.54) is 32.1 Å². The van der Waals surface area contributed by atoms with Crippen LogP contribution in [0.1, 0.15) is 25.8 Å². The maximum absolute atomic E-state index is 13.6. The van der Waals surface area contributed by atoms with Crippen molar-refractivity contribution in [3.05, 3.63) is 34.5 Å². The van der Waals surface area contributed by atoms with E-state index < -0.39 is 27.0 Å². The zero-order valence-electron chi connectivity index (χ0n) is 10.5. The molecule has 0 amide bonds. The zero-order chi connectivity index (χ0) is 14.4. The van der Waals surface area contributed by atoms with Gasteiger partial charge in [-0.2, -0.15) is 0 Å². The SMILES string of the molecule is CC(C)(CC1=Cc2cccc(F)c2S1(=O)=O)C(=O)O. The third-order valence-corrected chi connectivity index (χ3v) is 5.04. The summed E-state index contributed by atoms with van der Waals surface area (Å²) in [5.41, 5.74) is -0.951. The maximum Gasteiger partial charge on any atom is 0.309 e. The summed E-state index contributed by atoms with van der Waals surface area (Å²) in [6.45, 7) is 2.87. The van der Waals surface area contributed by atoms with Crippen LogP contribution in [0.5, 0.6) is 0 Å². The third-order valence-electron chi connectivity index (χ3n) is 3.12. The predicted molar refractivity (Wildman–Crippen MR) is 67.6 cm³/mol. The van der Waals surface area contributed by atoms with Gasteiger partial charge in [0.1, 0.15) is 10.7 Å². The van der Waals surface area contributed by atoms with Crippen LogP contribution in [0.15, 0.2) is 28.0 Å². The van der Waals surface area contributed by atoms with Crippen LogP contribution < -0.4 is 0 Å². The Morgan fingerprint density at radius 3 is 2.53 bits per heavy atom. The number of carboxylic acids is 1. The van der Waals surface area contributed by atoms with E-state index in [0.717, 1.165) is 6.07 Å². The molecule has 0 fully saturated rings. The second-order valence-electron chi connectivity index (χ2n) is 5.14. The van der Waals surface area contributed by atoms with Crippen LogP contribution in [-0.2, 0) is 14.6 Å². The molecule has 1 aromatic carbocycles. The van der Waals surface area contributed by atoms with Gasteiger partial charge in [-0.1, -0.05) is 12.1 Å². The largest absolute Gasteiger partial charge is 0.481 e. The Bertz CT molecular complexity index is 687. The standard InChI is InChI=1S/C13H13FO4S/c1-13(2,12(15)16)7-9-6-8-4-3-5-10(14)11(8)19(9,17)18/h3-6H,7H2,1-2H3,(H,15,16). The number of hydrogen-bond acceptors (Lipinski definition) is 3. The van der Waals surface area contributed by atoms with E-state index in [-0.39, 0.29) is 21.8 Å². The Balaban J connectivity index is 2.49. The Morgan fingerprint density at radius 1 is 1.37 bits per heavy atom. The number of aliphatic carboxylic acids is 1. The van der Waals surface area contributed by atoms with Gasteiger partial charge < -0.3 is 5.11 Å². The third kappa shape index (κ3) is 2.16. The smallest absolute Gasteiger partial charge is 0.309 e. The van der Waals surface area contributed by atoms with Crippen molar-refractivity contribution in [1.29, 1.82) is 0 Å². The highest BCUT2D eigenvalue weighted by Gasteiger charge is 2.38. The lowest BCUT2D eigenvalue weighted by Crippen LogP contribution is -2.25. The molecule has 1 N–H and O–H groups in total.